The molecule has 2 saturated carbocycles. The van der Waals surface area contributed by atoms with Crippen LogP contribution in [0.5, 0.6) is 0 Å². The van der Waals surface area contributed by atoms with Gasteiger partial charge < -0.3 is 4.74 Å². The molecule has 2 aromatic rings. The number of Topliss-reactive ketones (excluding diaryl/α,β-unsaturated/α-hetero) is 1. The van der Waals surface area contributed by atoms with Gasteiger partial charge in [-0.15, -0.1) is 0 Å². The molecule has 2 aromatic carbocycles. The van der Waals surface area contributed by atoms with E-state index in [2.05, 4.69) is 12.1 Å². The minimum absolute atomic E-state index is 0.132. The number of rotatable bonds is 6. The topological polar surface area (TPSA) is 80.8 Å². The maximum Gasteiger partial charge on any atom is 0.326 e. The third kappa shape index (κ3) is 3.44. The van der Waals surface area contributed by atoms with Gasteiger partial charge in [0.15, 0.2) is 12.4 Å². The molecule has 2 bridgehead atoms. The van der Waals surface area contributed by atoms with Crippen LogP contribution in [0.4, 0.5) is 0 Å². The number of benzene rings is 2. The number of amides is 2. The van der Waals surface area contributed by atoms with Crippen LogP contribution in [0.15, 0.2) is 54.6 Å². The Balaban J connectivity index is 1.22. The average Bonchev–Trinajstić information content (AvgIpc) is 3.46. The molecule has 2 aliphatic carbocycles. The molecular weight excluding hydrogens is 406 g/mol. The smallest absolute Gasteiger partial charge is 0.326 e. The van der Waals surface area contributed by atoms with Crippen molar-refractivity contribution in [2.24, 2.45) is 23.7 Å². The maximum absolute atomic E-state index is 13.1. The average molecular weight is 431 g/mol. The first-order valence-corrected chi connectivity index (χ1v) is 11.1. The number of carbonyl (C=O) groups is 4. The monoisotopic (exact) mass is 431 g/mol. The van der Waals surface area contributed by atoms with Crippen LogP contribution in [-0.2, 0) is 19.1 Å². The Hall–Kier alpha value is -3.28. The van der Waals surface area contributed by atoms with Crippen LogP contribution in [0.2, 0.25) is 0 Å². The van der Waals surface area contributed by atoms with E-state index in [1.54, 1.807) is 12.1 Å². The summed E-state index contributed by atoms with van der Waals surface area (Å²) in [6, 6.07) is 17.1. The lowest BCUT2D eigenvalue weighted by molar-refractivity contribution is -0.152. The van der Waals surface area contributed by atoms with Crippen LogP contribution in [0.25, 0.3) is 0 Å². The lowest BCUT2D eigenvalue weighted by atomic mass is 9.73. The summed E-state index contributed by atoms with van der Waals surface area (Å²) in [7, 11) is 0. The zero-order valence-corrected chi connectivity index (χ0v) is 17.9. The van der Waals surface area contributed by atoms with Crippen molar-refractivity contribution < 1.29 is 23.9 Å². The fourth-order valence-electron chi connectivity index (χ4n) is 5.90. The second kappa shape index (κ2) is 8.01. The Morgan fingerprint density at radius 3 is 2.34 bits per heavy atom. The molecule has 0 N–H and O–H groups in total. The van der Waals surface area contributed by atoms with Crippen molar-refractivity contribution in [3.8, 4) is 0 Å². The van der Waals surface area contributed by atoms with Gasteiger partial charge in [0.2, 0.25) is 11.8 Å². The number of ketones is 1. The number of aryl methyl sites for hydroxylation is 1. The maximum atomic E-state index is 13.1. The molecule has 5 atom stereocenters. The Kier molecular flexibility index (Phi) is 5.16. The molecule has 0 aromatic heterocycles. The van der Waals surface area contributed by atoms with Crippen molar-refractivity contribution in [1.29, 1.82) is 0 Å². The summed E-state index contributed by atoms with van der Waals surface area (Å²) < 4.78 is 5.09. The molecular formula is C26H25NO5. The Bertz CT molecular complexity index is 1080. The molecule has 1 saturated heterocycles. The fourth-order valence-corrected chi connectivity index (χ4v) is 5.90. The van der Waals surface area contributed by atoms with Crippen molar-refractivity contribution >= 4 is 23.6 Å². The predicted molar refractivity (Wildman–Crippen MR) is 116 cm³/mol. The van der Waals surface area contributed by atoms with Crippen LogP contribution in [-0.4, -0.2) is 41.6 Å². The molecule has 164 valence electrons. The number of fused-ring (bicyclic) bond motifs is 5. The molecule has 32 heavy (non-hydrogen) atoms. The zero-order chi connectivity index (χ0) is 22.4. The molecule has 0 spiro atoms. The highest BCUT2D eigenvalue weighted by Gasteiger charge is 2.64. The Labute approximate surface area is 186 Å². The van der Waals surface area contributed by atoms with Crippen molar-refractivity contribution in [3.05, 3.63) is 71.3 Å². The summed E-state index contributed by atoms with van der Waals surface area (Å²) in [5, 5.41) is 0. The number of hydrogen-bond donors (Lipinski definition) is 0. The van der Waals surface area contributed by atoms with Crippen molar-refractivity contribution in [2.75, 3.05) is 13.2 Å². The quantitative estimate of drug-likeness (QED) is 0.399. The van der Waals surface area contributed by atoms with E-state index in [1.165, 1.54) is 5.56 Å². The minimum atomic E-state index is -0.737. The van der Waals surface area contributed by atoms with Gasteiger partial charge in [-0.1, -0.05) is 60.2 Å². The SMILES string of the molecule is Cc1ccc(C(=O)COC(=O)CN2C(=O)[C@@H]3[C@@H]4C[C@@H]([C@@H]3C2=O)[C@@H](c2ccccc2)C4)cc1. The molecule has 1 heterocycles. The second-order valence-corrected chi connectivity index (χ2v) is 9.18. The van der Waals surface area contributed by atoms with Crippen LogP contribution < -0.4 is 0 Å². The van der Waals surface area contributed by atoms with E-state index in [1.807, 2.05) is 37.3 Å². The summed E-state index contributed by atoms with van der Waals surface area (Å²) in [4.78, 5) is 51.7. The van der Waals surface area contributed by atoms with E-state index in [0.29, 0.717) is 5.56 Å². The summed E-state index contributed by atoms with van der Waals surface area (Å²) in [6.45, 7) is 1.08. The van der Waals surface area contributed by atoms with Gasteiger partial charge in [-0.05, 0) is 43.1 Å². The summed E-state index contributed by atoms with van der Waals surface area (Å²) in [5.41, 5.74) is 2.69. The van der Waals surface area contributed by atoms with E-state index in [0.717, 1.165) is 23.3 Å². The van der Waals surface area contributed by atoms with Gasteiger partial charge in [-0.2, -0.15) is 0 Å². The van der Waals surface area contributed by atoms with Gasteiger partial charge in [0, 0.05) is 5.56 Å². The van der Waals surface area contributed by atoms with Gasteiger partial charge in [0.25, 0.3) is 0 Å². The molecule has 3 fully saturated rings. The third-order valence-corrected chi connectivity index (χ3v) is 7.36. The first-order valence-electron chi connectivity index (χ1n) is 11.1. The largest absolute Gasteiger partial charge is 0.456 e. The van der Waals surface area contributed by atoms with Crippen molar-refractivity contribution in [2.45, 2.75) is 25.7 Å². The van der Waals surface area contributed by atoms with Gasteiger partial charge in [-0.25, -0.2) is 0 Å². The zero-order valence-electron chi connectivity index (χ0n) is 17.9. The van der Waals surface area contributed by atoms with E-state index in [-0.39, 0.29) is 47.2 Å². The first-order chi connectivity index (χ1) is 15.4. The Morgan fingerprint density at radius 2 is 1.62 bits per heavy atom. The molecule has 6 nitrogen and oxygen atoms in total. The number of imide groups is 1. The van der Waals surface area contributed by atoms with Gasteiger partial charge >= 0.3 is 5.97 Å². The molecule has 0 radical (unpaired) electrons. The number of likely N-dealkylation sites (tertiary alicyclic amines) is 1. The van der Waals surface area contributed by atoms with Crippen LogP contribution in [0.1, 0.15) is 40.2 Å². The predicted octanol–water partition coefficient (Wildman–Crippen LogP) is 3.15. The Morgan fingerprint density at radius 1 is 0.938 bits per heavy atom. The molecule has 0 unspecified atom stereocenters. The number of nitrogens with zero attached hydrogens (tertiary/aromatic N) is 1. The third-order valence-electron chi connectivity index (χ3n) is 7.36. The van der Waals surface area contributed by atoms with Gasteiger partial charge in [0.05, 0.1) is 11.8 Å². The number of esters is 1. The first kappa shape index (κ1) is 20.6. The molecule has 6 heteroatoms. The highest BCUT2D eigenvalue weighted by molar-refractivity contribution is 6.08. The van der Waals surface area contributed by atoms with Crippen LogP contribution in [0, 0.1) is 30.6 Å². The summed E-state index contributed by atoms with van der Waals surface area (Å²) in [6.07, 6.45) is 1.79. The normalized spacial score (nSPS) is 28.2. The standard InChI is InChI=1S/C26H25NO5/c1-15-7-9-17(10-8-15)21(28)14-32-22(29)13-27-25(30)23-18-11-19(16-5-3-2-4-6-16)20(12-18)24(23)26(27)31/h2-10,18-20,23-24H,11-14H2,1H3/t18-,19+,20+,23+,24-/m0/s1. The number of carbonyl (C=O) groups excluding carboxylic acids is 4. The van der Waals surface area contributed by atoms with Gasteiger partial charge in [0.1, 0.15) is 6.54 Å². The lowest BCUT2D eigenvalue weighted by Gasteiger charge is -2.28. The van der Waals surface area contributed by atoms with E-state index >= 15 is 0 Å². The molecule has 1 aliphatic heterocycles. The number of ether oxygens (including phenoxy) is 1. The second-order valence-electron chi connectivity index (χ2n) is 9.18. The highest BCUT2D eigenvalue weighted by Crippen LogP contribution is 2.61. The van der Waals surface area contributed by atoms with E-state index in [4.69, 9.17) is 4.74 Å². The molecule has 2 amide bonds. The highest BCUT2D eigenvalue weighted by atomic mass is 16.5. The van der Waals surface area contributed by atoms with E-state index in [9.17, 15) is 19.2 Å². The van der Waals surface area contributed by atoms with E-state index < -0.39 is 19.1 Å². The van der Waals surface area contributed by atoms with Crippen LogP contribution in [0.3, 0.4) is 0 Å². The lowest BCUT2D eigenvalue weighted by Crippen LogP contribution is -2.38. The molecule has 3 aliphatic rings. The van der Waals surface area contributed by atoms with Crippen molar-refractivity contribution in [3.63, 3.8) is 0 Å². The summed E-state index contributed by atoms with van der Waals surface area (Å²) >= 11 is 0. The van der Waals surface area contributed by atoms with Gasteiger partial charge in [-0.3, -0.25) is 24.1 Å². The van der Waals surface area contributed by atoms with Crippen LogP contribution >= 0.6 is 0 Å². The van der Waals surface area contributed by atoms with Crippen molar-refractivity contribution in [1.82, 2.24) is 4.90 Å². The minimum Gasteiger partial charge on any atom is -0.456 e. The molecule has 5 rings (SSSR count). The summed E-state index contributed by atoms with van der Waals surface area (Å²) in [5.74, 6) is -1.68. The number of hydrogen-bond acceptors (Lipinski definition) is 5. The fraction of sp³-hybridized carbons (Fsp3) is 0.385.